The predicted molar refractivity (Wildman–Crippen MR) is 82.3 cm³/mol. The minimum Gasteiger partial charge on any atom is -0.480 e. The fourth-order valence-electron chi connectivity index (χ4n) is 1.90. The lowest BCUT2D eigenvalue weighted by Crippen LogP contribution is -2.44. The van der Waals surface area contributed by atoms with E-state index in [1.165, 1.54) is 24.7 Å². The molecule has 0 aliphatic heterocycles. The predicted octanol–water partition coefficient (Wildman–Crippen LogP) is 2.11. The van der Waals surface area contributed by atoms with E-state index in [0.717, 1.165) is 0 Å². The molecule has 0 spiro atoms. The van der Waals surface area contributed by atoms with Crippen LogP contribution in [0.5, 0.6) is 11.6 Å². The lowest BCUT2D eigenvalue weighted by Gasteiger charge is -2.18. The molecule has 1 heterocycles. The summed E-state index contributed by atoms with van der Waals surface area (Å²) < 4.78 is 5.50. The first kappa shape index (κ1) is 16.4. The number of nitrogens with zero attached hydrogens (tertiary/aromatic N) is 2. The van der Waals surface area contributed by atoms with E-state index in [1.54, 1.807) is 32.0 Å². The van der Waals surface area contributed by atoms with E-state index in [4.69, 9.17) is 9.84 Å². The summed E-state index contributed by atoms with van der Waals surface area (Å²) in [7, 11) is 0. The molecular formula is C16H17N3O4. The Hall–Kier alpha value is -2.96. The molecule has 0 saturated carbocycles. The molecule has 1 aromatic carbocycles. The van der Waals surface area contributed by atoms with Crippen LogP contribution >= 0.6 is 0 Å². The molecule has 0 bridgehead atoms. The summed E-state index contributed by atoms with van der Waals surface area (Å²) in [6.45, 7) is 3.46. The molecule has 2 N–H and O–H groups in total. The maximum absolute atomic E-state index is 12.2. The molecule has 0 radical (unpaired) electrons. The molecule has 2 rings (SSSR count). The molecule has 1 aromatic heterocycles. The molecule has 7 heteroatoms. The summed E-state index contributed by atoms with van der Waals surface area (Å²) in [6, 6.07) is 5.46. The monoisotopic (exact) mass is 315 g/mol. The summed E-state index contributed by atoms with van der Waals surface area (Å²) >= 11 is 0. The number of amides is 1. The number of benzene rings is 1. The van der Waals surface area contributed by atoms with Crippen molar-refractivity contribution in [2.45, 2.75) is 19.9 Å². The highest BCUT2D eigenvalue weighted by Crippen LogP contribution is 2.19. The quantitative estimate of drug-likeness (QED) is 0.846. The van der Waals surface area contributed by atoms with Crippen molar-refractivity contribution in [2.75, 3.05) is 0 Å². The Morgan fingerprint density at radius 3 is 2.65 bits per heavy atom. The highest BCUT2D eigenvalue weighted by atomic mass is 16.5. The van der Waals surface area contributed by atoms with Crippen LogP contribution < -0.4 is 10.1 Å². The Balaban J connectivity index is 2.12. The van der Waals surface area contributed by atoms with E-state index in [1.807, 2.05) is 0 Å². The molecular weight excluding hydrogens is 298 g/mol. The number of carboxylic acids is 1. The zero-order valence-electron chi connectivity index (χ0n) is 12.8. The standard InChI is InChI=1S/C16H17N3O4/c1-10(2)14(16(21)22)19-15(20)11-4-3-5-12(8-11)23-13-9-17-6-7-18-13/h3-10,14H,1-2H3,(H,19,20)(H,21,22)/t14-/m0/s1. The average Bonchev–Trinajstić information content (AvgIpc) is 2.53. The molecule has 0 fully saturated rings. The number of rotatable bonds is 6. The SMILES string of the molecule is CC(C)[C@H](NC(=O)c1cccc(Oc2cnccn2)c1)C(=O)O. The van der Waals surface area contributed by atoms with E-state index >= 15 is 0 Å². The van der Waals surface area contributed by atoms with Crippen LogP contribution in [0.4, 0.5) is 0 Å². The van der Waals surface area contributed by atoms with Crippen molar-refractivity contribution < 1.29 is 19.4 Å². The maximum atomic E-state index is 12.2. The second-order valence-corrected chi connectivity index (χ2v) is 5.21. The van der Waals surface area contributed by atoms with Gasteiger partial charge in [0.1, 0.15) is 11.8 Å². The van der Waals surface area contributed by atoms with Gasteiger partial charge in [-0.1, -0.05) is 19.9 Å². The van der Waals surface area contributed by atoms with Crippen LogP contribution in [-0.2, 0) is 4.79 Å². The number of carbonyl (C=O) groups is 2. The Labute approximate surface area is 133 Å². The average molecular weight is 315 g/mol. The highest BCUT2D eigenvalue weighted by Gasteiger charge is 2.24. The van der Waals surface area contributed by atoms with Crippen LogP contribution in [-0.4, -0.2) is 33.0 Å². The van der Waals surface area contributed by atoms with E-state index in [0.29, 0.717) is 17.2 Å². The van der Waals surface area contributed by atoms with Gasteiger partial charge >= 0.3 is 5.97 Å². The summed E-state index contributed by atoms with van der Waals surface area (Å²) in [5.74, 6) is -1.06. The third-order valence-electron chi connectivity index (χ3n) is 3.08. The number of ether oxygens (including phenoxy) is 1. The van der Waals surface area contributed by atoms with Gasteiger partial charge in [-0.25, -0.2) is 9.78 Å². The Kier molecular flexibility index (Phi) is 5.24. The van der Waals surface area contributed by atoms with Crippen LogP contribution in [0, 0.1) is 5.92 Å². The maximum Gasteiger partial charge on any atom is 0.326 e. The molecule has 0 aliphatic carbocycles. The van der Waals surface area contributed by atoms with Crippen molar-refractivity contribution in [1.29, 1.82) is 0 Å². The van der Waals surface area contributed by atoms with Crippen molar-refractivity contribution >= 4 is 11.9 Å². The zero-order valence-corrected chi connectivity index (χ0v) is 12.8. The lowest BCUT2D eigenvalue weighted by atomic mass is 10.0. The Bertz CT molecular complexity index is 689. The fourth-order valence-corrected chi connectivity index (χ4v) is 1.90. The third-order valence-corrected chi connectivity index (χ3v) is 3.08. The topological polar surface area (TPSA) is 101 Å². The molecule has 0 unspecified atom stereocenters. The minimum atomic E-state index is -1.07. The van der Waals surface area contributed by atoms with E-state index in [2.05, 4.69) is 15.3 Å². The first-order valence-electron chi connectivity index (χ1n) is 7.05. The van der Waals surface area contributed by atoms with Gasteiger partial charge in [0.25, 0.3) is 5.91 Å². The van der Waals surface area contributed by atoms with Gasteiger partial charge < -0.3 is 15.2 Å². The van der Waals surface area contributed by atoms with Crippen LogP contribution in [0.25, 0.3) is 0 Å². The number of hydrogen-bond donors (Lipinski definition) is 2. The van der Waals surface area contributed by atoms with Gasteiger partial charge in [-0.05, 0) is 24.1 Å². The van der Waals surface area contributed by atoms with E-state index in [-0.39, 0.29) is 5.92 Å². The van der Waals surface area contributed by atoms with Gasteiger partial charge in [0.05, 0.1) is 6.20 Å². The van der Waals surface area contributed by atoms with Gasteiger partial charge in [-0.15, -0.1) is 0 Å². The summed E-state index contributed by atoms with van der Waals surface area (Å²) in [5, 5.41) is 11.6. The Morgan fingerprint density at radius 2 is 2.04 bits per heavy atom. The van der Waals surface area contributed by atoms with Crippen molar-refractivity contribution in [3.05, 3.63) is 48.4 Å². The largest absolute Gasteiger partial charge is 0.480 e. The summed E-state index contributed by atoms with van der Waals surface area (Å²) in [5.41, 5.74) is 0.304. The van der Waals surface area contributed by atoms with Crippen molar-refractivity contribution in [3.8, 4) is 11.6 Å². The number of aromatic nitrogens is 2. The summed E-state index contributed by atoms with van der Waals surface area (Å²) in [6.07, 6.45) is 4.46. The van der Waals surface area contributed by atoms with Crippen LogP contribution in [0.2, 0.25) is 0 Å². The zero-order chi connectivity index (χ0) is 16.8. The molecule has 2 aromatic rings. The Morgan fingerprint density at radius 1 is 1.26 bits per heavy atom. The number of carboxylic acid groups (broad SMARTS) is 1. The van der Waals surface area contributed by atoms with Gasteiger partial charge in [0.2, 0.25) is 5.88 Å². The first-order chi connectivity index (χ1) is 11.0. The molecule has 0 aliphatic rings. The molecule has 23 heavy (non-hydrogen) atoms. The highest BCUT2D eigenvalue weighted by molar-refractivity contribution is 5.96. The number of carbonyl (C=O) groups excluding carboxylic acids is 1. The fraction of sp³-hybridized carbons (Fsp3) is 0.250. The number of nitrogens with one attached hydrogen (secondary N) is 1. The van der Waals surface area contributed by atoms with Crippen molar-refractivity contribution in [2.24, 2.45) is 5.92 Å². The number of hydrogen-bond acceptors (Lipinski definition) is 5. The molecule has 120 valence electrons. The van der Waals surface area contributed by atoms with Gasteiger partial charge in [-0.2, -0.15) is 0 Å². The normalized spacial score (nSPS) is 11.8. The number of aliphatic carboxylic acids is 1. The molecule has 1 atom stereocenters. The molecule has 0 saturated heterocycles. The minimum absolute atomic E-state index is 0.226. The van der Waals surface area contributed by atoms with Crippen LogP contribution in [0.1, 0.15) is 24.2 Å². The van der Waals surface area contributed by atoms with Crippen molar-refractivity contribution in [3.63, 3.8) is 0 Å². The first-order valence-corrected chi connectivity index (χ1v) is 7.05. The smallest absolute Gasteiger partial charge is 0.326 e. The van der Waals surface area contributed by atoms with E-state index in [9.17, 15) is 9.59 Å². The molecule has 1 amide bonds. The third kappa shape index (κ3) is 4.50. The van der Waals surface area contributed by atoms with Gasteiger partial charge in [0.15, 0.2) is 0 Å². The van der Waals surface area contributed by atoms with Crippen LogP contribution in [0.3, 0.4) is 0 Å². The van der Waals surface area contributed by atoms with Gasteiger partial charge in [-0.3, -0.25) is 9.78 Å². The second kappa shape index (κ2) is 7.35. The lowest BCUT2D eigenvalue weighted by molar-refractivity contribution is -0.140. The van der Waals surface area contributed by atoms with Crippen molar-refractivity contribution in [1.82, 2.24) is 15.3 Å². The summed E-state index contributed by atoms with van der Waals surface area (Å²) in [4.78, 5) is 31.2. The van der Waals surface area contributed by atoms with Crippen LogP contribution in [0.15, 0.2) is 42.9 Å². The van der Waals surface area contributed by atoms with Gasteiger partial charge in [0, 0.05) is 18.0 Å². The van der Waals surface area contributed by atoms with E-state index < -0.39 is 17.9 Å². The second-order valence-electron chi connectivity index (χ2n) is 5.21. The molecule has 7 nitrogen and oxygen atoms in total.